The van der Waals surface area contributed by atoms with Gasteiger partial charge in [0, 0.05) is 18.4 Å². The standard InChI is InChI=1S/C13H22N2O/c1-4-15-13(10-16-11(2)3)8-12-6-5-7-14-9-12/h5-7,9,11,13,15H,4,8,10H2,1-3H3. The van der Waals surface area contributed by atoms with Crippen LogP contribution in [-0.2, 0) is 11.2 Å². The number of likely N-dealkylation sites (N-methyl/N-ethyl adjacent to an activating group) is 1. The maximum absolute atomic E-state index is 5.65. The van der Waals surface area contributed by atoms with Crippen LogP contribution in [0, 0.1) is 0 Å². The van der Waals surface area contributed by atoms with Crippen molar-refractivity contribution in [1.29, 1.82) is 0 Å². The van der Waals surface area contributed by atoms with Crippen molar-refractivity contribution >= 4 is 0 Å². The van der Waals surface area contributed by atoms with Crippen LogP contribution >= 0.6 is 0 Å². The van der Waals surface area contributed by atoms with Crippen LogP contribution in [0.3, 0.4) is 0 Å². The highest BCUT2D eigenvalue weighted by atomic mass is 16.5. The van der Waals surface area contributed by atoms with Gasteiger partial charge in [0.2, 0.25) is 0 Å². The maximum atomic E-state index is 5.65. The molecule has 1 atom stereocenters. The molecule has 0 bridgehead atoms. The summed E-state index contributed by atoms with van der Waals surface area (Å²) in [5.74, 6) is 0. The average molecular weight is 222 g/mol. The van der Waals surface area contributed by atoms with Crippen molar-refractivity contribution in [2.75, 3.05) is 13.2 Å². The van der Waals surface area contributed by atoms with Crippen LogP contribution in [0.2, 0.25) is 0 Å². The van der Waals surface area contributed by atoms with E-state index in [9.17, 15) is 0 Å². The van der Waals surface area contributed by atoms with Gasteiger partial charge < -0.3 is 10.1 Å². The van der Waals surface area contributed by atoms with Crippen LogP contribution in [0.15, 0.2) is 24.5 Å². The molecule has 3 nitrogen and oxygen atoms in total. The molecule has 0 aromatic carbocycles. The number of aromatic nitrogens is 1. The summed E-state index contributed by atoms with van der Waals surface area (Å²) >= 11 is 0. The molecule has 0 spiro atoms. The van der Waals surface area contributed by atoms with Crippen LogP contribution in [0.4, 0.5) is 0 Å². The van der Waals surface area contributed by atoms with Gasteiger partial charge in [-0.05, 0) is 38.4 Å². The molecule has 1 N–H and O–H groups in total. The lowest BCUT2D eigenvalue weighted by molar-refractivity contribution is 0.0616. The van der Waals surface area contributed by atoms with E-state index in [2.05, 4.69) is 37.1 Å². The lowest BCUT2D eigenvalue weighted by Crippen LogP contribution is -2.36. The van der Waals surface area contributed by atoms with Crippen molar-refractivity contribution in [1.82, 2.24) is 10.3 Å². The van der Waals surface area contributed by atoms with Gasteiger partial charge in [-0.15, -0.1) is 0 Å². The van der Waals surface area contributed by atoms with E-state index in [0.717, 1.165) is 19.6 Å². The van der Waals surface area contributed by atoms with Crippen molar-refractivity contribution in [3.8, 4) is 0 Å². The number of ether oxygens (including phenoxy) is 1. The molecule has 1 aromatic rings. The van der Waals surface area contributed by atoms with Crippen LogP contribution < -0.4 is 5.32 Å². The van der Waals surface area contributed by atoms with Gasteiger partial charge in [0.15, 0.2) is 0 Å². The summed E-state index contributed by atoms with van der Waals surface area (Å²) in [6.45, 7) is 7.96. The van der Waals surface area contributed by atoms with Crippen molar-refractivity contribution in [2.24, 2.45) is 0 Å². The zero-order valence-corrected chi connectivity index (χ0v) is 10.4. The van der Waals surface area contributed by atoms with E-state index in [1.165, 1.54) is 5.56 Å². The predicted octanol–water partition coefficient (Wildman–Crippen LogP) is 2.03. The molecule has 1 unspecified atom stereocenters. The second-order valence-electron chi connectivity index (χ2n) is 4.20. The third-order valence-electron chi connectivity index (χ3n) is 2.33. The van der Waals surface area contributed by atoms with Gasteiger partial charge in [0.1, 0.15) is 0 Å². The molecular weight excluding hydrogens is 200 g/mol. The minimum atomic E-state index is 0.287. The summed E-state index contributed by atoms with van der Waals surface area (Å²) in [5.41, 5.74) is 1.25. The summed E-state index contributed by atoms with van der Waals surface area (Å²) in [6.07, 6.45) is 4.97. The van der Waals surface area contributed by atoms with E-state index < -0.39 is 0 Å². The monoisotopic (exact) mass is 222 g/mol. The first-order chi connectivity index (χ1) is 7.72. The summed E-state index contributed by atoms with van der Waals surface area (Å²) < 4.78 is 5.65. The topological polar surface area (TPSA) is 34.1 Å². The van der Waals surface area contributed by atoms with E-state index in [-0.39, 0.29) is 6.10 Å². The van der Waals surface area contributed by atoms with Crippen molar-refractivity contribution in [2.45, 2.75) is 39.3 Å². The largest absolute Gasteiger partial charge is 0.377 e. The molecule has 0 amide bonds. The van der Waals surface area contributed by atoms with E-state index >= 15 is 0 Å². The van der Waals surface area contributed by atoms with Crippen LogP contribution in [0.25, 0.3) is 0 Å². The van der Waals surface area contributed by atoms with E-state index in [4.69, 9.17) is 4.74 Å². The Morgan fingerprint density at radius 2 is 2.25 bits per heavy atom. The first-order valence-electron chi connectivity index (χ1n) is 5.96. The second kappa shape index (κ2) is 7.36. The normalized spacial score (nSPS) is 13.0. The Hall–Kier alpha value is -0.930. The Balaban J connectivity index is 2.44. The molecule has 0 saturated heterocycles. The molecule has 0 fully saturated rings. The fraction of sp³-hybridized carbons (Fsp3) is 0.615. The molecule has 0 aliphatic rings. The molecule has 16 heavy (non-hydrogen) atoms. The Labute approximate surface area is 98.2 Å². The second-order valence-corrected chi connectivity index (χ2v) is 4.20. The quantitative estimate of drug-likeness (QED) is 0.766. The third kappa shape index (κ3) is 5.24. The van der Waals surface area contributed by atoms with Gasteiger partial charge >= 0.3 is 0 Å². The van der Waals surface area contributed by atoms with Gasteiger partial charge in [-0.3, -0.25) is 4.98 Å². The molecule has 1 heterocycles. The molecule has 0 aliphatic carbocycles. The van der Waals surface area contributed by atoms with Gasteiger partial charge in [0.05, 0.1) is 12.7 Å². The van der Waals surface area contributed by atoms with Gasteiger partial charge in [-0.2, -0.15) is 0 Å². The third-order valence-corrected chi connectivity index (χ3v) is 2.33. The Bertz CT molecular complexity index is 275. The fourth-order valence-corrected chi connectivity index (χ4v) is 1.59. The van der Waals surface area contributed by atoms with Crippen LogP contribution in [0.5, 0.6) is 0 Å². The highest BCUT2D eigenvalue weighted by Crippen LogP contribution is 2.03. The lowest BCUT2D eigenvalue weighted by atomic mass is 10.1. The van der Waals surface area contributed by atoms with Gasteiger partial charge in [-0.25, -0.2) is 0 Å². The number of nitrogens with one attached hydrogen (secondary N) is 1. The minimum Gasteiger partial charge on any atom is -0.377 e. The van der Waals surface area contributed by atoms with E-state index in [1.54, 1.807) is 6.20 Å². The van der Waals surface area contributed by atoms with Crippen LogP contribution in [-0.4, -0.2) is 30.3 Å². The number of hydrogen-bond donors (Lipinski definition) is 1. The zero-order valence-electron chi connectivity index (χ0n) is 10.4. The fourth-order valence-electron chi connectivity index (χ4n) is 1.59. The lowest BCUT2D eigenvalue weighted by Gasteiger charge is -2.19. The number of hydrogen-bond acceptors (Lipinski definition) is 3. The first kappa shape index (κ1) is 13.1. The van der Waals surface area contributed by atoms with Crippen molar-refractivity contribution in [3.63, 3.8) is 0 Å². The summed E-state index contributed by atoms with van der Waals surface area (Å²) in [4.78, 5) is 4.12. The number of pyridine rings is 1. The molecule has 0 aliphatic heterocycles. The maximum Gasteiger partial charge on any atom is 0.0626 e. The highest BCUT2D eigenvalue weighted by molar-refractivity contribution is 5.10. The Kier molecular flexibility index (Phi) is 6.04. The molecule has 0 saturated carbocycles. The molecule has 90 valence electrons. The summed E-state index contributed by atoms with van der Waals surface area (Å²) in [5, 5.41) is 3.43. The van der Waals surface area contributed by atoms with Gasteiger partial charge in [-0.1, -0.05) is 13.0 Å². The minimum absolute atomic E-state index is 0.287. The Morgan fingerprint density at radius 3 is 2.81 bits per heavy atom. The molecular formula is C13H22N2O. The smallest absolute Gasteiger partial charge is 0.0626 e. The van der Waals surface area contributed by atoms with Crippen molar-refractivity contribution in [3.05, 3.63) is 30.1 Å². The molecule has 3 heteroatoms. The van der Waals surface area contributed by atoms with Crippen molar-refractivity contribution < 1.29 is 4.74 Å². The van der Waals surface area contributed by atoms with Crippen LogP contribution in [0.1, 0.15) is 26.3 Å². The molecule has 1 aromatic heterocycles. The number of rotatable bonds is 7. The predicted molar refractivity (Wildman–Crippen MR) is 66.5 cm³/mol. The Morgan fingerprint density at radius 1 is 1.44 bits per heavy atom. The molecule has 0 radical (unpaired) electrons. The molecule has 1 rings (SSSR count). The van der Waals surface area contributed by atoms with Gasteiger partial charge in [0.25, 0.3) is 0 Å². The summed E-state index contributed by atoms with van der Waals surface area (Å²) in [6, 6.07) is 4.45. The van der Waals surface area contributed by atoms with E-state index in [0.29, 0.717) is 6.04 Å². The first-order valence-corrected chi connectivity index (χ1v) is 5.96. The summed E-state index contributed by atoms with van der Waals surface area (Å²) in [7, 11) is 0. The number of nitrogens with zero attached hydrogens (tertiary/aromatic N) is 1. The highest BCUT2D eigenvalue weighted by Gasteiger charge is 2.09. The average Bonchev–Trinajstić information content (AvgIpc) is 2.27. The van der Waals surface area contributed by atoms with E-state index in [1.807, 2.05) is 12.3 Å². The zero-order chi connectivity index (χ0) is 11.8. The SMILES string of the molecule is CCNC(COC(C)C)Cc1cccnc1.